The summed E-state index contributed by atoms with van der Waals surface area (Å²) >= 11 is 0. The minimum Gasteiger partial charge on any atom is -0.391 e. The van der Waals surface area contributed by atoms with Crippen LogP contribution in [0.5, 0.6) is 0 Å². The standard InChI is InChI=1S/C22H26N4O3S/c1-3-15-4-8-18(9-5-15)30(28,29)25-22-19-13-17(7-6-16(19)12-20(22)27)24-14-21-23-10-11-26(21)2/h4-11,13,20,22,24-25,27H,3,12,14H2,1-2H3/t20-,22-/m1/s1. The van der Waals surface area contributed by atoms with Crippen molar-refractivity contribution < 1.29 is 13.5 Å². The number of anilines is 1. The van der Waals surface area contributed by atoms with Gasteiger partial charge in [-0.3, -0.25) is 0 Å². The number of aliphatic hydroxyl groups is 1. The van der Waals surface area contributed by atoms with E-state index in [2.05, 4.69) is 15.0 Å². The van der Waals surface area contributed by atoms with Crippen LogP contribution in [-0.2, 0) is 36.5 Å². The highest BCUT2D eigenvalue weighted by Gasteiger charge is 2.34. The van der Waals surface area contributed by atoms with E-state index in [1.165, 1.54) is 0 Å². The highest BCUT2D eigenvalue weighted by molar-refractivity contribution is 7.89. The average Bonchev–Trinajstić information content (AvgIpc) is 3.28. The lowest BCUT2D eigenvalue weighted by atomic mass is 10.1. The first-order chi connectivity index (χ1) is 14.4. The molecule has 1 aliphatic rings. The lowest BCUT2D eigenvalue weighted by Gasteiger charge is -2.19. The van der Waals surface area contributed by atoms with Gasteiger partial charge >= 0.3 is 0 Å². The Morgan fingerprint density at radius 1 is 1.20 bits per heavy atom. The second-order valence-corrected chi connectivity index (χ2v) is 9.30. The summed E-state index contributed by atoms with van der Waals surface area (Å²) in [5.41, 5.74) is 3.66. The van der Waals surface area contributed by atoms with Crippen molar-refractivity contribution in [1.29, 1.82) is 0 Å². The zero-order valence-corrected chi connectivity index (χ0v) is 17.9. The summed E-state index contributed by atoms with van der Waals surface area (Å²) in [6.45, 7) is 2.57. The molecule has 3 N–H and O–H groups in total. The third-order valence-electron chi connectivity index (χ3n) is 5.59. The number of sulfonamides is 1. The van der Waals surface area contributed by atoms with Gasteiger partial charge in [-0.1, -0.05) is 25.1 Å². The summed E-state index contributed by atoms with van der Waals surface area (Å²) < 4.78 is 30.4. The van der Waals surface area contributed by atoms with Crippen LogP contribution in [0.2, 0.25) is 0 Å². The van der Waals surface area contributed by atoms with Crippen LogP contribution in [0.3, 0.4) is 0 Å². The van der Waals surface area contributed by atoms with Crippen molar-refractivity contribution in [2.45, 2.75) is 43.4 Å². The van der Waals surface area contributed by atoms with Crippen molar-refractivity contribution in [1.82, 2.24) is 14.3 Å². The third-order valence-corrected chi connectivity index (χ3v) is 7.05. The van der Waals surface area contributed by atoms with E-state index in [-0.39, 0.29) is 4.90 Å². The molecular formula is C22H26N4O3S. The summed E-state index contributed by atoms with van der Waals surface area (Å²) in [5.74, 6) is 0.892. The molecule has 158 valence electrons. The van der Waals surface area contributed by atoms with E-state index in [0.717, 1.165) is 34.6 Å². The van der Waals surface area contributed by atoms with Gasteiger partial charge in [-0.2, -0.15) is 0 Å². The predicted molar refractivity (Wildman–Crippen MR) is 116 cm³/mol. The van der Waals surface area contributed by atoms with E-state index < -0.39 is 22.2 Å². The quantitative estimate of drug-likeness (QED) is 0.540. The molecule has 3 aromatic rings. The number of nitrogens with one attached hydrogen (secondary N) is 2. The molecule has 0 aliphatic heterocycles. The Morgan fingerprint density at radius 2 is 1.97 bits per heavy atom. The van der Waals surface area contributed by atoms with Crippen molar-refractivity contribution >= 4 is 15.7 Å². The topological polar surface area (TPSA) is 96.3 Å². The SMILES string of the molecule is CCc1ccc(S(=O)(=O)N[C@@H]2c3cc(NCc4nccn4C)ccc3C[C@H]2O)cc1. The molecule has 0 radical (unpaired) electrons. The van der Waals surface area contributed by atoms with Crippen molar-refractivity contribution in [3.63, 3.8) is 0 Å². The summed E-state index contributed by atoms with van der Waals surface area (Å²) in [7, 11) is -1.82. The van der Waals surface area contributed by atoms with E-state index in [1.807, 2.05) is 55.1 Å². The van der Waals surface area contributed by atoms with Gasteiger partial charge in [0, 0.05) is 31.5 Å². The first kappa shape index (κ1) is 20.6. The third kappa shape index (κ3) is 4.12. The molecule has 8 heteroatoms. The Hall–Kier alpha value is -2.68. The summed E-state index contributed by atoms with van der Waals surface area (Å²) in [6.07, 6.45) is 4.07. The fourth-order valence-corrected chi connectivity index (χ4v) is 5.01. The maximum Gasteiger partial charge on any atom is 0.241 e. The van der Waals surface area contributed by atoms with Crippen LogP contribution in [-0.4, -0.2) is 29.2 Å². The number of benzene rings is 2. The Morgan fingerprint density at radius 3 is 2.63 bits per heavy atom. The van der Waals surface area contributed by atoms with Crippen LogP contribution in [0.4, 0.5) is 5.69 Å². The fourth-order valence-electron chi connectivity index (χ4n) is 3.76. The van der Waals surface area contributed by atoms with Crippen LogP contribution in [0, 0.1) is 0 Å². The Bertz CT molecular complexity index is 1140. The molecule has 2 atom stereocenters. The van der Waals surface area contributed by atoms with E-state index in [4.69, 9.17) is 0 Å². The molecule has 30 heavy (non-hydrogen) atoms. The van der Waals surface area contributed by atoms with Gasteiger partial charge < -0.3 is 15.0 Å². The zero-order valence-electron chi connectivity index (χ0n) is 17.0. The number of hydrogen-bond acceptors (Lipinski definition) is 5. The van der Waals surface area contributed by atoms with E-state index >= 15 is 0 Å². The molecule has 7 nitrogen and oxygen atoms in total. The number of nitrogens with zero attached hydrogens (tertiary/aromatic N) is 2. The van der Waals surface area contributed by atoms with Crippen LogP contribution < -0.4 is 10.0 Å². The molecule has 1 heterocycles. The molecule has 1 aliphatic carbocycles. The van der Waals surface area contributed by atoms with E-state index in [9.17, 15) is 13.5 Å². The maximum atomic E-state index is 12.9. The number of aliphatic hydroxyl groups excluding tert-OH is 1. The Balaban J connectivity index is 1.54. The molecular weight excluding hydrogens is 400 g/mol. The first-order valence-corrected chi connectivity index (χ1v) is 11.5. The maximum absolute atomic E-state index is 12.9. The van der Waals surface area contributed by atoms with Crippen LogP contribution >= 0.6 is 0 Å². The molecule has 0 amide bonds. The summed E-state index contributed by atoms with van der Waals surface area (Å²) in [5, 5.41) is 13.9. The van der Waals surface area contributed by atoms with Crippen LogP contribution in [0.1, 0.15) is 35.5 Å². The molecule has 0 saturated heterocycles. The zero-order chi connectivity index (χ0) is 21.3. The van der Waals surface area contributed by atoms with Gasteiger partial charge in [-0.05, 0) is 47.4 Å². The number of imidazole rings is 1. The molecule has 2 aromatic carbocycles. The molecule has 4 rings (SSSR count). The number of rotatable bonds is 7. The number of aryl methyl sites for hydroxylation is 2. The normalized spacial score (nSPS) is 18.4. The van der Waals surface area contributed by atoms with Gasteiger partial charge in [0.05, 0.1) is 23.6 Å². The van der Waals surface area contributed by atoms with Crippen molar-refractivity contribution in [3.8, 4) is 0 Å². The van der Waals surface area contributed by atoms with Gasteiger partial charge in [0.15, 0.2) is 0 Å². The van der Waals surface area contributed by atoms with E-state index in [1.54, 1.807) is 18.3 Å². The predicted octanol–water partition coefficient (Wildman–Crippen LogP) is 2.53. The van der Waals surface area contributed by atoms with Crippen LogP contribution in [0.25, 0.3) is 0 Å². The second kappa shape index (κ2) is 8.22. The fraction of sp³-hybridized carbons (Fsp3) is 0.318. The minimum atomic E-state index is -3.75. The molecule has 1 aromatic heterocycles. The lowest BCUT2D eigenvalue weighted by Crippen LogP contribution is -2.33. The average molecular weight is 427 g/mol. The number of hydrogen-bond donors (Lipinski definition) is 3. The van der Waals surface area contributed by atoms with Crippen molar-refractivity contribution in [2.75, 3.05) is 5.32 Å². The van der Waals surface area contributed by atoms with E-state index in [0.29, 0.717) is 13.0 Å². The highest BCUT2D eigenvalue weighted by atomic mass is 32.2. The lowest BCUT2D eigenvalue weighted by molar-refractivity contribution is 0.151. The Kier molecular flexibility index (Phi) is 5.64. The minimum absolute atomic E-state index is 0.199. The van der Waals surface area contributed by atoms with Crippen molar-refractivity contribution in [3.05, 3.63) is 77.4 Å². The second-order valence-electron chi connectivity index (χ2n) is 7.59. The van der Waals surface area contributed by atoms with Gasteiger partial charge in [0.2, 0.25) is 10.0 Å². The number of aromatic nitrogens is 2. The molecule has 0 bridgehead atoms. The number of fused-ring (bicyclic) bond motifs is 1. The van der Waals surface area contributed by atoms with Gasteiger partial charge in [0.1, 0.15) is 5.82 Å². The summed E-state index contributed by atoms with van der Waals surface area (Å²) in [4.78, 5) is 4.49. The largest absolute Gasteiger partial charge is 0.391 e. The monoisotopic (exact) mass is 426 g/mol. The molecule has 0 fully saturated rings. The van der Waals surface area contributed by atoms with Crippen molar-refractivity contribution in [2.24, 2.45) is 7.05 Å². The van der Waals surface area contributed by atoms with Crippen LogP contribution in [0.15, 0.2) is 59.8 Å². The first-order valence-electron chi connectivity index (χ1n) is 9.99. The van der Waals surface area contributed by atoms with Gasteiger partial charge in [0.25, 0.3) is 0 Å². The smallest absolute Gasteiger partial charge is 0.241 e. The van der Waals surface area contributed by atoms with Gasteiger partial charge in [-0.15, -0.1) is 0 Å². The van der Waals surface area contributed by atoms with Gasteiger partial charge in [-0.25, -0.2) is 18.1 Å². The molecule has 0 saturated carbocycles. The Labute approximate surface area is 176 Å². The molecule has 0 unspecified atom stereocenters. The molecule has 0 spiro atoms. The summed E-state index contributed by atoms with van der Waals surface area (Å²) in [6, 6.07) is 11.9. The highest BCUT2D eigenvalue weighted by Crippen LogP contribution is 2.34.